The number of methoxy groups -OCH3 is 1. The number of rotatable bonds is 2. The smallest absolute Gasteiger partial charge is 0.427 e. The Morgan fingerprint density at radius 3 is 2.56 bits per heavy atom. The number of carbonyl (C=O) groups excluding carboxylic acids is 1. The van der Waals surface area contributed by atoms with Crippen molar-refractivity contribution in [2.24, 2.45) is 5.10 Å². The second kappa shape index (κ2) is 5.86. The van der Waals surface area contributed by atoms with E-state index in [4.69, 9.17) is 0 Å². The van der Waals surface area contributed by atoms with Crippen molar-refractivity contribution in [3.63, 3.8) is 0 Å². The molecule has 0 fully saturated rings. The fourth-order valence-corrected chi connectivity index (χ4v) is 2.09. The Morgan fingerprint density at radius 1 is 1.50 bits per heavy atom. The largest absolute Gasteiger partial charge is 0.506 e. The van der Waals surface area contributed by atoms with Crippen LogP contribution in [-0.4, -0.2) is 24.5 Å². The molecule has 86 valence electrons. The lowest BCUT2D eigenvalue weighted by atomic mass is 10.2. The molecule has 0 unspecified atom stereocenters. The van der Waals surface area contributed by atoms with Crippen LogP contribution in [0.3, 0.4) is 0 Å². The first-order valence-electron chi connectivity index (χ1n) is 4.09. The number of phenols is 1. The van der Waals surface area contributed by atoms with Gasteiger partial charge in [-0.2, -0.15) is 5.10 Å². The van der Waals surface area contributed by atoms with E-state index in [-0.39, 0.29) is 5.75 Å². The van der Waals surface area contributed by atoms with Crippen LogP contribution in [-0.2, 0) is 4.74 Å². The Hall–Kier alpha value is -1.08. The van der Waals surface area contributed by atoms with E-state index in [1.54, 1.807) is 12.1 Å². The maximum Gasteiger partial charge on any atom is 0.427 e. The monoisotopic (exact) mass is 350 g/mol. The molecule has 1 aromatic carbocycles. The first kappa shape index (κ1) is 13.0. The van der Waals surface area contributed by atoms with E-state index in [1.807, 2.05) is 0 Å². The van der Waals surface area contributed by atoms with Crippen molar-refractivity contribution >= 4 is 44.2 Å². The number of phenolic OH excluding ortho intramolecular Hbond substituents is 1. The van der Waals surface area contributed by atoms with Crippen LogP contribution in [0.25, 0.3) is 0 Å². The Kier molecular flexibility index (Phi) is 4.75. The van der Waals surface area contributed by atoms with Crippen LogP contribution in [0.4, 0.5) is 4.79 Å². The summed E-state index contributed by atoms with van der Waals surface area (Å²) in [5.74, 6) is 0.109. The zero-order chi connectivity index (χ0) is 12.1. The number of hydrazone groups is 1. The van der Waals surface area contributed by atoms with E-state index in [0.29, 0.717) is 14.5 Å². The number of carbonyl (C=O) groups is 1. The minimum Gasteiger partial charge on any atom is -0.506 e. The molecule has 0 aliphatic heterocycles. The van der Waals surface area contributed by atoms with E-state index in [0.717, 1.165) is 0 Å². The number of aromatic hydroxyl groups is 1. The van der Waals surface area contributed by atoms with Gasteiger partial charge in [0.25, 0.3) is 0 Å². The third kappa shape index (κ3) is 3.49. The van der Waals surface area contributed by atoms with Gasteiger partial charge in [-0.15, -0.1) is 0 Å². The van der Waals surface area contributed by atoms with Crippen LogP contribution in [0.15, 0.2) is 26.2 Å². The van der Waals surface area contributed by atoms with Gasteiger partial charge in [0.1, 0.15) is 5.75 Å². The number of nitrogens with zero attached hydrogens (tertiary/aromatic N) is 1. The fourth-order valence-electron chi connectivity index (χ4n) is 0.865. The van der Waals surface area contributed by atoms with Gasteiger partial charge >= 0.3 is 6.09 Å². The summed E-state index contributed by atoms with van der Waals surface area (Å²) in [6.07, 6.45) is 0.777. The van der Waals surface area contributed by atoms with Crippen LogP contribution < -0.4 is 5.43 Å². The zero-order valence-electron chi connectivity index (χ0n) is 8.20. The third-order valence-electron chi connectivity index (χ3n) is 1.59. The summed E-state index contributed by atoms with van der Waals surface area (Å²) in [5, 5.41) is 13.1. The molecular weight excluding hydrogens is 344 g/mol. The van der Waals surface area contributed by atoms with Crippen molar-refractivity contribution in [1.82, 2.24) is 5.43 Å². The lowest BCUT2D eigenvalue weighted by Crippen LogP contribution is -2.16. The van der Waals surface area contributed by atoms with E-state index in [9.17, 15) is 9.90 Å². The van der Waals surface area contributed by atoms with Gasteiger partial charge in [-0.1, -0.05) is 0 Å². The maximum atomic E-state index is 10.7. The highest BCUT2D eigenvalue weighted by atomic mass is 79.9. The molecule has 16 heavy (non-hydrogen) atoms. The fraction of sp³-hybridized carbons (Fsp3) is 0.111. The van der Waals surface area contributed by atoms with Crippen LogP contribution >= 0.6 is 31.9 Å². The number of amides is 1. The predicted octanol–water partition coefficient (Wildman–Crippen LogP) is 2.61. The van der Waals surface area contributed by atoms with Crippen LogP contribution in [0.2, 0.25) is 0 Å². The Labute approximate surface area is 109 Å². The first-order chi connectivity index (χ1) is 7.54. The number of halogens is 2. The van der Waals surface area contributed by atoms with Crippen molar-refractivity contribution < 1.29 is 14.6 Å². The molecule has 5 nitrogen and oxygen atoms in total. The molecule has 0 heterocycles. The SMILES string of the molecule is COC(=O)N/N=C/c1cc(Br)c(O)c(Br)c1. The normalized spacial score (nSPS) is 10.4. The zero-order valence-corrected chi connectivity index (χ0v) is 11.4. The van der Waals surface area contributed by atoms with Gasteiger partial charge in [0.15, 0.2) is 0 Å². The van der Waals surface area contributed by atoms with Crippen LogP contribution in [0.1, 0.15) is 5.56 Å². The number of hydrogen-bond acceptors (Lipinski definition) is 4. The second-order valence-electron chi connectivity index (χ2n) is 2.69. The first-order valence-corrected chi connectivity index (χ1v) is 5.68. The number of benzene rings is 1. The van der Waals surface area contributed by atoms with Gasteiger partial charge in [-0.3, -0.25) is 0 Å². The Morgan fingerprint density at radius 2 is 2.06 bits per heavy atom. The molecule has 1 aromatic rings. The molecule has 0 atom stereocenters. The topological polar surface area (TPSA) is 70.9 Å². The van der Waals surface area contributed by atoms with Gasteiger partial charge in [0.05, 0.1) is 22.3 Å². The van der Waals surface area contributed by atoms with Crippen molar-refractivity contribution in [3.05, 3.63) is 26.6 Å². The van der Waals surface area contributed by atoms with Gasteiger partial charge < -0.3 is 9.84 Å². The molecular formula is C9H8Br2N2O3. The molecule has 0 saturated carbocycles. The highest BCUT2D eigenvalue weighted by Crippen LogP contribution is 2.32. The van der Waals surface area contributed by atoms with Crippen LogP contribution in [0, 0.1) is 0 Å². The average Bonchev–Trinajstić information content (AvgIpc) is 2.25. The molecule has 0 bridgehead atoms. The van der Waals surface area contributed by atoms with Crippen molar-refractivity contribution in [3.8, 4) is 5.75 Å². The van der Waals surface area contributed by atoms with Crippen molar-refractivity contribution in [1.29, 1.82) is 0 Å². The molecule has 7 heteroatoms. The van der Waals surface area contributed by atoms with E-state index in [2.05, 4.69) is 47.1 Å². The lowest BCUT2D eigenvalue weighted by Gasteiger charge is -2.01. The summed E-state index contributed by atoms with van der Waals surface area (Å²) in [5.41, 5.74) is 2.85. The van der Waals surface area contributed by atoms with Crippen molar-refractivity contribution in [2.75, 3.05) is 7.11 Å². The Balaban J connectivity index is 2.78. The standard InChI is InChI=1S/C9H8Br2N2O3/c1-16-9(15)13-12-4-5-2-6(10)8(14)7(11)3-5/h2-4,14H,1H3,(H,13,15)/b12-4+. The number of ether oxygens (including phenoxy) is 1. The van der Waals surface area contributed by atoms with Gasteiger partial charge in [-0.05, 0) is 49.6 Å². The maximum absolute atomic E-state index is 10.7. The van der Waals surface area contributed by atoms with Gasteiger partial charge in [-0.25, -0.2) is 10.2 Å². The van der Waals surface area contributed by atoms with Crippen molar-refractivity contribution in [2.45, 2.75) is 0 Å². The summed E-state index contributed by atoms with van der Waals surface area (Å²) in [4.78, 5) is 10.7. The predicted molar refractivity (Wildman–Crippen MR) is 66.6 cm³/mol. The van der Waals surface area contributed by atoms with E-state index < -0.39 is 6.09 Å². The highest BCUT2D eigenvalue weighted by Gasteiger charge is 2.04. The molecule has 0 spiro atoms. The summed E-state index contributed by atoms with van der Waals surface area (Å²) in [7, 11) is 1.25. The molecule has 0 radical (unpaired) electrons. The van der Waals surface area contributed by atoms with E-state index in [1.165, 1.54) is 13.3 Å². The molecule has 1 amide bonds. The minimum atomic E-state index is -0.645. The van der Waals surface area contributed by atoms with Crippen LogP contribution in [0.5, 0.6) is 5.75 Å². The molecule has 0 aromatic heterocycles. The Bertz CT molecular complexity index is 412. The average molecular weight is 352 g/mol. The summed E-state index contributed by atoms with van der Waals surface area (Å²) < 4.78 is 5.39. The molecule has 0 aliphatic rings. The summed E-state index contributed by atoms with van der Waals surface area (Å²) in [6, 6.07) is 3.31. The second-order valence-corrected chi connectivity index (χ2v) is 4.40. The third-order valence-corrected chi connectivity index (χ3v) is 2.80. The molecule has 0 aliphatic carbocycles. The number of hydrogen-bond donors (Lipinski definition) is 2. The molecule has 1 rings (SSSR count). The van der Waals surface area contributed by atoms with Gasteiger partial charge in [0, 0.05) is 0 Å². The summed E-state index contributed by atoms with van der Waals surface area (Å²) >= 11 is 6.36. The summed E-state index contributed by atoms with van der Waals surface area (Å²) in [6.45, 7) is 0. The van der Waals surface area contributed by atoms with E-state index >= 15 is 0 Å². The molecule has 0 saturated heterocycles. The lowest BCUT2D eigenvalue weighted by molar-refractivity contribution is 0.171. The highest BCUT2D eigenvalue weighted by molar-refractivity contribution is 9.11. The molecule has 2 N–H and O–H groups in total. The minimum absolute atomic E-state index is 0.109. The van der Waals surface area contributed by atoms with Gasteiger partial charge in [0.2, 0.25) is 0 Å². The number of nitrogens with one attached hydrogen (secondary N) is 1. The quantitative estimate of drug-likeness (QED) is 0.635.